The Balaban J connectivity index is 3.15. The van der Waals surface area contributed by atoms with Crippen molar-refractivity contribution >= 4 is 5.69 Å². The van der Waals surface area contributed by atoms with Crippen molar-refractivity contribution in [2.45, 2.75) is 12.2 Å². The van der Waals surface area contributed by atoms with Gasteiger partial charge in [-0.1, -0.05) is 12.1 Å². The molecule has 0 bridgehead atoms. The molecule has 6 N–H and O–H groups in total. The van der Waals surface area contributed by atoms with E-state index in [2.05, 4.69) is 0 Å². The molecule has 5 nitrogen and oxygen atoms in total. The maximum absolute atomic E-state index is 9.69. The summed E-state index contributed by atoms with van der Waals surface area (Å²) >= 11 is 0. The molecule has 0 saturated carbocycles. The molecule has 1 aromatic carbocycles. The van der Waals surface area contributed by atoms with E-state index in [1.165, 1.54) is 0 Å². The molecule has 0 aliphatic heterocycles. The fourth-order valence-corrected chi connectivity index (χ4v) is 1.30. The Morgan fingerprint density at radius 1 is 1.40 bits per heavy atom. The molecule has 5 heteroatoms. The number of hydrogen-bond acceptors (Lipinski definition) is 5. The van der Waals surface area contributed by atoms with Crippen LogP contribution in [-0.4, -0.2) is 22.9 Å². The maximum Gasteiger partial charge on any atom is 0.107 e. The number of nitrogens with zero attached hydrogens (tertiary/aromatic N) is 1. The van der Waals surface area contributed by atoms with Crippen LogP contribution in [0.4, 0.5) is 5.69 Å². The summed E-state index contributed by atoms with van der Waals surface area (Å²) in [7, 11) is 0. The van der Waals surface area contributed by atoms with Gasteiger partial charge in [-0.2, -0.15) is 5.26 Å². The summed E-state index contributed by atoms with van der Waals surface area (Å²) in [5.41, 5.74) is 11.5. The second-order valence-electron chi connectivity index (χ2n) is 3.17. The monoisotopic (exact) mass is 207 g/mol. The van der Waals surface area contributed by atoms with Gasteiger partial charge in [-0.15, -0.1) is 0 Å². The van der Waals surface area contributed by atoms with E-state index in [1.54, 1.807) is 18.2 Å². The highest BCUT2D eigenvalue weighted by atomic mass is 16.3. The van der Waals surface area contributed by atoms with Crippen LogP contribution < -0.4 is 11.5 Å². The van der Waals surface area contributed by atoms with Gasteiger partial charge in [0, 0.05) is 17.8 Å². The molecule has 0 aliphatic carbocycles. The molecule has 2 atom stereocenters. The van der Waals surface area contributed by atoms with E-state index in [0.717, 1.165) is 0 Å². The number of aliphatic hydroxyl groups excluding tert-OH is 2. The van der Waals surface area contributed by atoms with Crippen molar-refractivity contribution in [3.05, 3.63) is 29.3 Å². The molecule has 0 aliphatic rings. The van der Waals surface area contributed by atoms with Gasteiger partial charge in [-0.3, -0.25) is 0 Å². The van der Waals surface area contributed by atoms with Crippen LogP contribution in [-0.2, 0) is 0 Å². The highest BCUT2D eigenvalue weighted by molar-refractivity contribution is 5.58. The van der Waals surface area contributed by atoms with Crippen LogP contribution in [0.15, 0.2) is 18.2 Å². The summed E-state index contributed by atoms with van der Waals surface area (Å²) in [5.74, 6) is 0. The van der Waals surface area contributed by atoms with Crippen molar-refractivity contribution in [2.75, 3.05) is 12.3 Å². The van der Waals surface area contributed by atoms with Crippen LogP contribution >= 0.6 is 0 Å². The second-order valence-corrected chi connectivity index (χ2v) is 3.17. The zero-order valence-electron chi connectivity index (χ0n) is 8.09. The van der Waals surface area contributed by atoms with Crippen LogP contribution in [0.3, 0.4) is 0 Å². The minimum Gasteiger partial charge on any atom is -0.398 e. The van der Waals surface area contributed by atoms with Crippen LogP contribution in [0, 0.1) is 11.3 Å². The van der Waals surface area contributed by atoms with Crippen molar-refractivity contribution in [1.82, 2.24) is 0 Å². The highest BCUT2D eigenvalue weighted by Gasteiger charge is 2.20. The molecule has 1 aromatic rings. The van der Waals surface area contributed by atoms with E-state index in [1.807, 2.05) is 6.07 Å². The first-order valence-corrected chi connectivity index (χ1v) is 4.46. The van der Waals surface area contributed by atoms with E-state index < -0.39 is 12.2 Å². The molecular formula is C10H13N3O2. The predicted octanol–water partition coefficient (Wildman–Crippen LogP) is -0.507. The van der Waals surface area contributed by atoms with Gasteiger partial charge in [-0.25, -0.2) is 0 Å². The van der Waals surface area contributed by atoms with Crippen LogP contribution in [0.2, 0.25) is 0 Å². The van der Waals surface area contributed by atoms with Gasteiger partial charge in [0.2, 0.25) is 0 Å². The summed E-state index contributed by atoms with van der Waals surface area (Å²) in [6, 6.07) is 6.60. The molecule has 80 valence electrons. The van der Waals surface area contributed by atoms with Gasteiger partial charge in [0.1, 0.15) is 12.2 Å². The smallest absolute Gasteiger partial charge is 0.107 e. The summed E-state index contributed by atoms with van der Waals surface area (Å²) in [6.45, 7) is -0.0825. The Bertz CT molecular complexity index is 387. The first-order valence-electron chi connectivity index (χ1n) is 4.46. The van der Waals surface area contributed by atoms with E-state index in [4.69, 9.17) is 16.7 Å². The third kappa shape index (κ3) is 2.25. The quantitative estimate of drug-likeness (QED) is 0.498. The summed E-state index contributed by atoms with van der Waals surface area (Å²) in [6.07, 6.45) is -2.29. The van der Waals surface area contributed by atoms with Gasteiger partial charge >= 0.3 is 0 Å². The molecule has 0 saturated heterocycles. The van der Waals surface area contributed by atoms with Crippen molar-refractivity contribution < 1.29 is 10.2 Å². The number of anilines is 1. The van der Waals surface area contributed by atoms with Crippen molar-refractivity contribution in [3.8, 4) is 6.07 Å². The molecule has 1 rings (SSSR count). The molecule has 15 heavy (non-hydrogen) atoms. The minimum atomic E-state index is -1.19. The number of nitrogen functional groups attached to an aromatic ring is 1. The number of benzene rings is 1. The molecule has 0 radical (unpaired) electrons. The Morgan fingerprint density at radius 2 is 2.07 bits per heavy atom. The summed E-state index contributed by atoms with van der Waals surface area (Å²) in [5, 5.41) is 27.9. The highest BCUT2D eigenvalue weighted by Crippen LogP contribution is 2.24. The normalized spacial score (nSPS) is 14.3. The van der Waals surface area contributed by atoms with Gasteiger partial charge in [0.15, 0.2) is 0 Å². The van der Waals surface area contributed by atoms with E-state index in [-0.39, 0.29) is 17.8 Å². The molecular weight excluding hydrogens is 194 g/mol. The van der Waals surface area contributed by atoms with Crippen molar-refractivity contribution in [1.29, 1.82) is 5.26 Å². The van der Waals surface area contributed by atoms with E-state index in [0.29, 0.717) is 5.56 Å². The third-order valence-corrected chi connectivity index (χ3v) is 2.17. The topological polar surface area (TPSA) is 116 Å². The lowest BCUT2D eigenvalue weighted by atomic mass is 9.98. The van der Waals surface area contributed by atoms with Gasteiger partial charge in [-0.05, 0) is 6.07 Å². The van der Waals surface area contributed by atoms with Crippen LogP contribution in [0.1, 0.15) is 17.2 Å². The van der Waals surface area contributed by atoms with E-state index >= 15 is 0 Å². The fourth-order valence-electron chi connectivity index (χ4n) is 1.30. The fraction of sp³-hybridized carbons (Fsp3) is 0.300. The Hall–Kier alpha value is -1.61. The van der Waals surface area contributed by atoms with Crippen LogP contribution in [0.5, 0.6) is 0 Å². The molecule has 2 unspecified atom stereocenters. The molecule has 0 aromatic heterocycles. The first kappa shape index (κ1) is 11.5. The standard InChI is InChI=1S/C10H13N3O2/c11-4-7-6(2-1-3-8(7)13)10(15)9(14)5-12/h1-3,9-10,14-15H,5,12-13H2. The van der Waals surface area contributed by atoms with Gasteiger partial charge in [0.05, 0.1) is 11.7 Å². The number of hydrogen-bond donors (Lipinski definition) is 4. The Kier molecular flexibility index (Phi) is 3.63. The molecule has 0 heterocycles. The van der Waals surface area contributed by atoms with Crippen molar-refractivity contribution in [3.63, 3.8) is 0 Å². The van der Waals surface area contributed by atoms with Gasteiger partial charge < -0.3 is 21.7 Å². The zero-order chi connectivity index (χ0) is 11.4. The first-order chi connectivity index (χ1) is 7.11. The average Bonchev–Trinajstić information content (AvgIpc) is 2.26. The second kappa shape index (κ2) is 4.75. The molecule has 0 fully saturated rings. The summed E-state index contributed by atoms with van der Waals surface area (Å²) < 4.78 is 0. The largest absolute Gasteiger partial charge is 0.398 e. The van der Waals surface area contributed by atoms with E-state index in [9.17, 15) is 10.2 Å². The lowest BCUT2D eigenvalue weighted by Gasteiger charge is -2.18. The maximum atomic E-state index is 9.69. The SMILES string of the molecule is N#Cc1c(N)cccc1C(O)C(O)CN. The minimum absolute atomic E-state index is 0.0825. The van der Waals surface area contributed by atoms with Crippen molar-refractivity contribution in [2.24, 2.45) is 5.73 Å². The lowest BCUT2D eigenvalue weighted by Crippen LogP contribution is -2.27. The Morgan fingerprint density at radius 3 is 2.60 bits per heavy atom. The number of rotatable bonds is 3. The lowest BCUT2D eigenvalue weighted by molar-refractivity contribution is 0.0242. The predicted molar refractivity (Wildman–Crippen MR) is 55.6 cm³/mol. The zero-order valence-corrected chi connectivity index (χ0v) is 8.09. The number of nitriles is 1. The average molecular weight is 207 g/mol. The molecule has 0 spiro atoms. The number of aliphatic hydroxyl groups is 2. The van der Waals surface area contributed by atoms with Gasteiger partial charge in [0.25, 0.3) is 0 Å². The molecule has 0 amide bonds. The third-order valence-electron chi connectivity index (χ3n) is 2.17. The number of nitrogens with two attached hydrogens (primary N) is 2. The summed E-state index contributed by atoms with van der Waals surface area (Å²) in [4.78, 5) is 0. The Labute approximate surface area is 87.6 Å². The van der Waals surface area contributed by atoms with Crippen LogP contribution in [0.25, 0.3) is 0 Å².